The van der Waals surface area contributed by atoms with E-state index in [2.05, 4.69) is 15.1 Å². The van der Waals surface area contributed by atoms with Crippen LogP contribution in [-0.2, 0) is 13.7 Å². The van der Waals surface area contributed by atoms with Gasteiger partial charge in [0, 0.05) is 18.8 Å². The summed E-state index contributed by atoms with van der Waals surface area (Å²) in [6.45, 7) is 2.40. The number of aryl methyl sites for hydroxylation is 2. The van der Waals surface area contributed by atoms with Crippen LogP contribution in [0.25, 0.3) is 0 Å². The molecule has 0 saturated heterocycles. The number of guanidine groups is 2. The number of ether oxygens (including phenoxy) is 1. The standard InChI is InChI=1S/C14H19N7O/c1-9-10(7-21(2)20-9)8-22-12-5-3-11(4-6-12)18-14(17)19-13(15)16/h3-7H,8H2,1-2H3,(H6,15,16,17,18,19). The molecule has 0 bridgehead atoms. The Hall–Kier alpha value is -3.03. The summed E-state index contributed by atoms with van der Waals surface area (Å²) in [6, 6.07) is 7.13. The van der Waals surface area contributed by atoms with Gasteiger partial charge in [0.15, 0.2) is 5.96 Å². The van der Waals surface area contributed by atoms with E-state index >= 15 is 0 Å². The van der Waals surface area contributed by atoms with Crippen LogP contribution >= 0.6 is 0 Å². The number of hydrogen-bond donors (Lipinski definition) is 3. The van der Waals surface area contributed by atoms with Gasteiger partial charge in [-0.05, 0) is 31.2 Å². The topological polar surface area (TPSA) is 130 Å². The molecule has 8 nitrogen and oxygen atoms in total. The largest absolute Gasteiger partial charge is 0.489 e. The molecule has 0 saturated carbocycles. The van der Waals surface area contributed by atoms with E-state index < -0.39 is 0 Å². The van der Waals surface area contributed by atoms with E-state index in [9.17, 15) is 0 Å². The molecule has 0 atom stereocenters. The van der Waals surface area contributed by atoms with Gasteiger partial charge in [0.25, 0.3) is 0 Å². The average Bonchev–Trinajstić information content (AvgIpc) is 2.75. The van der Waals surface area contributed by atoms with E-state index in [0.717, 1.165) is 17.0 Å². The second-order valence-corrected chi connectivity index (χ2v) is 4.70. The maximum absolute atomic E-state index is 5.71. The highest BCUT2D eigenvalue weighted by molar-refractivity contribution is 5.93. The van der Waals surface area contributed by atoms with Gasteiger partial charge in [-0.3, -0.25) is 4.68 Å². The molecule has 0 amide bonds. The summed E-state index contributed by atoms with van der Waals surface area (Å²) in [5.41, 5.74) is 18.6. The van der Waals surface area contributed by atoms with Crippen molar-refractivity contribution in [3.63, 3.8) is 0 Å². The maximum atomic E-state index is 5.71. The summed E-state index contributed by atoms with van der Waals surface area (Å²) in [4.78, 5) is 7.70. The highest BCUT2D eigenvalue weighted by atomic mass is 16.5. The first-order valence-corrected chi connectivity index (χ1v) is 6.60. The van der Waals surface area contributed by atoms with Crippen molar-refractivity contribution in [2.75, 3.05) is 0 Å². The Labute approximate surface area is 128 Å². The first kappa shape index (κ1) is 15.4. The van der Waals surface area contributed by atoms with Crippen molar-refractivity contribution in [1.29, 1.82) is 0 Å². The smallest absolute Gasteiger partial charge is 0.223 e. The number of aliphatic imine (C=N–C) groups is 2. The lowest BCUT2D eigenvalue weighted by molar-refractivity contribution is 0.305. The Morgan fingerprint density at radius 3 is 2.45 bits per heavy atom. The molecule has 1 aromatic carbocycles. The van der Waals surface area contributed by atoms with Crippen LogP contribution in [0.15, 0.2) is 40.4 Å². The van der Waals surface area contributed by atoms with Gasteiger partial charge < -0.3 is 21.9 Å². The van der Waals surface area contributed by atoms with Crippen molar-refractivity contribution < 1.29 is 4.74 Å². The van der Waals surface area contributed by atoms with Crippen molar-refractivity contribution in [1.82, 2.24) is 9.78 Å². The van der Waals surface area contributed by atoms with Gasteiger partial charge in [-0.2, -0.15) is 10.1 Å². The van der Waals surface area contributed by atoms with Gasteiger partial charge in [0.1, 0.15) is 12.4 Å². The van der Waals surface area contributed by atoms with Crippen molar-refractivity contribution in [2.24, 2.45) is 34.2 Å². The van der Waals surface area contributed by atoms with Gasteiger partial charge >= 0.3 is 0 Å². The van der Waals surface area contributed by atoms with Crippen LogP contribution in [0.2, 0.25) is 0 Å². The first-order chi connectivity index (χ1) is 10.4. The lowest BCUT2D eigenvalue weighted by Crippen LogP contribution is -2.26. The molecule has 0 unspecified atom stereocenters. The summed E-state index contributed by atoms with van der Waals surface area (Å²) in [5, 5.41) is 4.27. The normalized spacial score (nSPS) is 11.3. The van der Waals surface area contributed by atoms with E-state index in [4.69, 9.17) is 21.9 Å². The monoisotopic (exact) mass is 301 g/mol. The lowest BCUT2D eigenvalue weighted by atomic mass is 10.3. The SMILES string of the molecule is Cc1nn(C)cc1COc1ccc(N=C(N)N=C(N)N)cc1. The van der Waals surface area contributed by atoms with Gasteiger partial charge in [0.05, 0.1) is 11.4 Å². The zero-order chi connectivity index (χ0) is 16.1. The minimum atomic E-state index is -0.131. The van der Waals surface area contributed by atoms with Crippen LogP contribution in [0.4, 0.5) is 5.69 Å². The minimum absolute atomic E-state index is 0.000321. The Kier molecular flexibility index (Phi) is 4.62. The molecule has 0 aliphatic heterocycles. The molecule has 0 aliphatic carbocycles. The lowest BCUT2D eigenvalue weighted by Gasteiger charge is -2.05. The molecular weight excluding hydrogens is 282 g/mol. The third-order valence-corrected chi connectivity index (χ3v) is 2.83. The average molecular weight is 301 g/mol. The molecule has 22 heavy (non-hydrogen) atoms. The number of aromatic nitrogens is 2. The Morgan fingerprint density at radius 1 is 1.23 bits per heavy atom. The molecule has 2 aromatic rings. The fourth-order valence-corrected chi connectivity index (χ4v) is 1.86. The highest BCUT2D eigenvalue weighted by Gasteiger charge is 2.04. The fraction of sp³-hybridized carbons (Fsp3) is 0.214. The third kappa shape index (κ3) is 4.23. The predicted octanol–water partition coefficient (Wildman–Crippen LogP) is 0.527. The quantitative estimate of drug-likeness (QED) is 0.560. The summed E-state index contributed by atoms with van der Waals surface area (Å²) < 4.78 is 7.47. The fourth-order valence-electron chi connectivity index (χ4n) is 1.86. The summed E-state index contributed by atoms with van der Waals surface area (Å²) >= 11 is 0. The van der Waals surface area contributed by atoms with Crippen molar-refractivity contribution in [3.05, 3.63) is 41.7 Å². The summed E-state index contributed by atoms with van der Waals surface area (Å²) in [5.74, 6) is 0.593. The van der Waals surface area contributed by atoms with Gasteiger partial charge in [-0.25, -0.2) is 4.99 Å². The molecule has 0 fully saturated rings. The number of rotatable bonds is 4. The second kappa shape index (κ2) is 6.61. The van der Waals surface area contributed by atoms with E-state index in [1.54, 1.807) is 28.9 Å². The third-order valence-electron chi connectivity index (χ3n) is 2.83. The molecule has 0 radical (unpaired) electrons. The first-order valence-electron chi connectivity index (χ1n) is 6.60. The van der Waals surface area contributed by atoms with Crippen LogP contribution < -0.4 is 21.9 Å². The van der Waals surface area contributed by atoms with Gasteiger partial charge in [0.2, 0.25) is 5.96 Å². The van der Waals surface area contributed by atoms with Gasteiger partial charge in [-0.1, -0.05) is 0 Å². The van der Waals surface area contributed by atoms with Gasteiger partial charge in [-0.15, -0.1) is 0 Å². The molecule has 116 valence electrons. The van der Waals surface area contributed by atoms with E-state index in [1.807, 2.05) is 20.2 Å². The van der Waals surface area contributed by atoms with E-state index in [1.165, 1.54) is 0 Å². The Bertz CT molecular complexity index is 696. The molecule has 6 N–H and O–H groups in total. The second-order valence-electron chi connectivity index (χ2n) is 4.70. The molecule has 0 spiro atoms. The summed E-state index contributed by atoms with van der Waals surface area (Å²) in [6.07, 6.45) is 1.93. The molecule has 2 rings (SSSR count). The zero-order valence-electron chi connectivity index (χ0n) is 12.5. The Balaban J connectivity index is 2.00. The number of nitrogens with two attached hydrogens (primary N) is 3. The minimum Gasteiger partial charge on any atom is -0.489 e. The van der Waals surface area contributed by atoms with Crippen LogP contribution in [-0.4, -0.2) is 21.7 Å². The predicted molar refractivity (Wildman–Crippen MR) is 85.8 cm³/mol. The molecule has 1 heterocycles. The number of nitrogens with zero attached hydrogens (tertiary/aromatic N) is 4. The zero-order valence-corrected chi connectivity index (χ0v) is 12.5. The maximum Gasteiger partial charge on any atom is 0.223 e. The number of hydrogen-bond acceptors (Lipinski definition) is 3. The van der Waals surface area contributed by atoms with E-state index in [0.29, 0.717) is 12.3 Å². The molecule has 8 heteroatoms. The van der Waals surface area contributed by atoms with Crippen LogP contribution in [0.3, 0.4) is 0 Å². The Morgan fingerprint density at radius 2 is 1.91 bits per heavy atom. The summed E-state index contributed by atoms with van der Waals surface area (Å²) in [7, 11) is 1.88. The molecule has 1 aromatic heterocycles. The van der Waals surface area contributed by atoms with E-state index in [-0.39, 0.29) is 11.9 Å². The van der Waals surface area contributed by atoms with Crippen LogP contribution in [0.1, 0.15) is 11.3 Å². The van der Waals surface area contributed by atoms with Crippen LogP contribution in [0.5, 0.6) is 5.75 Å². The van der Waals surface area contributed by atoms with Crippen molar-refractivity contribution in [3.8, 4) is 5.75 Å². The van der Waals surface area contributed by atoms with Crippen LogP contribution in [0, 0.1) is 6.92 Å². The molecular formula is C14H19N7O. The molecule has 0 aliphatic rings. The van der Waals surface area contributed by atoms with Crippen molar-refractivity contribution >= 4 is 17.6 Å². The number of benzene rings is 1. The van der Waals surface area contributed by atoms with Crippen molar-refractivity contribution in [2.45, 2.75) is 13.5 Å². The highest BCUT2D eigenvalue weighted by Crippen LogP contribution is 2.19.